The monoisotopic (exact) mass is 323 g/mol. The summed E-state index contributed by atoms with van der Waals surface area (Å²) < 4.78 is 0.921. The van der Waals surface area contributed by atoms with E-state index in [1.165, 1.54) is 0 Å². The van der Waals surface area contributed by atoms with Crippen molar-refractivity contribution in [1.82, 2.24) is 9.97 Å². The zero-order chi connectivity index (χ0) is 12.7. The number of anilines is 1. The Morgan fingerprint density at radius 1 is 1.22 bits per heavy atom. The van der Waals surface area contributed by atoms with E-state index in [1.807, 2.05) is 18.2 Å². The van der Waals surface area contributed by atoms with Crippen LogP contribution in [0.1, 0.15) is 17.7 Å². The minimum absolute atomic E-state index is 0.597. The first kappa shape index (κ1) is 11.9. The molecule has 2 N–H and O–H groups in total. The standard InChI is InChI=1S/C13H11BrClN3/c14-10-5-4-7(15)6-9(10)13-17-11-3-1-2-8(11)12(16)18-13/h4-6H,1-3H2,(H2,16,17,18). The van der Waals surface area contributed by atoms with E-state index in [0.29, 0.717) is 16.7 Å². The lowest BCUT2D eigenvalue weighted by Gasteiger charge is -2.08. The van der Waals surface area contributed by atoms with Gasteiger partial charge >= 0.3 is 0 Å². The van der Waals surface area contributed by atoms with Crippen LogP contribution in [0.5, 0.6) is 0 Å². The molecule has 3 rings (SSSR count). The minimum Gasteiger partial charge on any atom is -0.383 e. The summed E-state index contributed by atoms with van der Waals surface area (Å²) in [6.45, 7) is 0. The molecule has 1 aromatic heterocycles. The summed E-state index contributed by atoms with van der Waals surface area (Å²) in [6, 6.07) is 5.57. The first-order valence-electron chi connectivity index (χ1n) is 5.76. The molecule has 18 heavy (non-hydrogen) atoms. The van der Waals surface area contributed by atoms with Gasteiger partial charge in [0.2, 0.25) is 0 Å². The number of hydrogen-bond donors (Lipinski definition) is 1. The molecule has 1 aromatic carbocycles. The Morgan fingerprint density at radius 2 is 2.06 bits per heavy atom. The second-order valence-electron chi connectivity index (χ2n) is 4.34. The highest BCUT2D eigenvalue weighted by Crippen LogP contribution is 2.32. The Labute approximate surface area is 119 Å². The first-order chi connectivity index (χ1) is 8.65. The maximum Gasteiger partial charge on any atom is 0.162 e. The second-order valence-corrected chi connectivity index (χ2v) is 5.63. The van der Waals surface area contributed by atoms with Crippen molar-refractivity contribution in [2.75, 3.05) is 5.73 Å². The maximum atomic E-state index is 6.02. The molecule has 2 aromatic rings. The van der Waals surface area contributed by atoms with Gasteiger partial charge in [-0.2, -0.15) is 0 Å². The van der Waals surface area contributed by atoms with Crippen molar-refractivity contribution in [3.63, 3.8) is 0 Å². The van der Waals surface area contributed by atoms with Gasteiger partial charge in [-0.1, -0.05) is 27.5 Å². The van der Waals surface area contributed by atoms with E-state index >= 15 is 0 Å². The molecule has 0 unspecified atom stereocenters. The van der Waals surface area contributed by atoms with E-state index in [-0.39, 0.29) is 0 Å². The molecule has 0 spiro atoms. The molecule has 0 aliphatic heterocycles. The van der Waals surface area contributed by atoms with Gasteiger partial charge in [-0.3, -0.25) is 0 Å². The van der Waals surface area contributed by atoms with Crippen LogP contribution in [0.4, 0.5) is 5.82 Å². The number of fused-ring (bicyclic) bond motifs is 1. The lowest BCUT2D eigenvalue weighted by atomic mass is 10.2. The van der Waals surface area contributed by atoms with Crippen LogP contribution in [-0.4, -0.2) is 9.97 Å². The lowest BCUT2D eigenvalue weighted by Crippen LogP contribution is -2.03. The van der Waals surface area contributed by atoms with Crippen molar-refractivity contribution in [1.29, 1.82) is 0 Å². The van der Waals surface area contributed by atoms with E-state index in [9.17, 15) is 0 Å². The second kappa shape index (κ2) is 4.52. The number of nitrogens with zero attached hydrogens (tertiary/aromatic N) is 2. The Bertz CT molecular complexity index is 628. The van der Waals surface area contributed by atoms with E-state index in [4.69, 9.17) is 17.3 Å². The Kier molecular flexibility index (Phi) is 2.99. The summed E-state index contributed by atoms with van der Waals surface area (Å²) in [7, 11) is 0. The third kappa shape index (κ3) is 1.99. The quantitative estimate of drug-likeness (QED) is 0.871. The van der Waals surface area contributed by atoms with Crippen LogP contribution < -0.4 is 5.73 Å². The number of benzene rings is 1. The van der Waals surface area contributed by atoms with Crippen molar-refractivity contribution < 1.29 is 0 Å². The first-order valence-corrected chi connectivity index (χ1v) is 6.93. The molecule has 1 aliphatic carbocycles. The lowest BCUT2D eigenvalue weighted by molar-refractivity contribution is 0.900. The highest BCUT2D eigenvalue weighted by Gasteiger charge is 2.19. The molecule has 92 valence electrons. The maximum absolute atomic E-state index is 6.02. The largest absolute Gasteiger partial charge is 0.383 e. The molecular weight excluding hydrogens is 314 g/mol. The summed E-state index contributed by atoms with van der Waals surface area (Å²) in [6.07, 6.45) is 3.07. The number of aryl methyl sites for hydroxylation is 1. The van der Waals surface area contributed by atoms with Crippen molar-refractivity contribution in [3.8, 4) is 11.4 Å². The van der Waals surface area contributed by atoms with Gasteiger partial charge in [0.15, 0.2) is 5.82 Å². The van der Waals surface area contributed by atoms with Crippen LogP contribution >= 0.6 is 27.5 Å². The average molecular weight is 325 g/mol. The summed E-state index contributed by atoms with van der Waals surface area (Å²) in [5, 5.41) is 0.663. The van der Waals surface area contributed by atoms with Gasteiger partial charge in [-0.05, 0) is 37.5 Å². The van der Waals surface area contributed by atoms with Gasteiger partial charge in [0, 0.05) is 26.3 Å². The molecule has 0 saturated carbocycles. The third-order valence-corrected chi connectivity index (χ3v) is 4.06. The molecule has 0 atom stereocenters. The van der Waals surface area contributed by atoms with Gasteiger partial charge in [-0.15, -0.1) is 0 Å². The number of hydrogen-bond acceptors (Lipinski definition) is 3. The van der Waals surface area contributed by atoms with Crippen LogP contribution in [-0.2, 0) is 12.8 Å². The summed E-state index contributed by atoms with van der Waals surface area (Å²) in [5.41, 5.74) is 9.06. The predicted molar refractivity (Wildman–Crippen MR) is 76.6 cm³/mol. The number of halogens is 2. The Morgan fingerprint density at radius 3 is 2.89 bits per heavy atom. The normalized spacial score (nSPS) is 13.7. The highest BCUT2D eigenvalue weighted by atomic mass is 79.9. The van der Waals surface area contributed by atoms with Crippen LogP contribution in [0, 0.1) is 0 Å². The van der Waals surface area contributed by atoms with Crippen LogP contribution in [0.15, 0.2) is 22.7 Å². The third-order valence-electron chi connectivity index (χ3n) is 3.13. The number of rotatable bonds is 1. The van der Waals surface area contributed by atoms with E-state index in [1.54, 1.807) is 0 Å². The number of aromatic nitrogens is 2. The highest BCUT2D eigenvalue weighted by molar-refractivity contribution is 9.10. The fraction of sp³-hybridized carbons (Fsp3) is 0.231. The van der Waals surface area contributed by atoms with E-state index < -0.39 is 0 Å². The van der Waals surface area contributed by atoms with Crippen molar-refractivity contribution in [3.05, 3.63) is 39.0 Å². The molecule has 0 radical (unpaired) electrons. The van der Waals surface area contributed by atoms with Gasteiger partial charge in [-0.25, -0.2) is 9.97 Å². The molecule has 0 saturated heterocycles. The van der Waals surface area contributed by atoms with E-state index in [2.05, 4.69) is 25.9 Å². The smallest absolute Gasteiger partial charge is 0.162 e. The van der Waals surface area contributed by atoms with Gasteiger partial charge in [0.1, 0.15) is 5.82 Å². The fourth-order valence-corrected chi connectivity index (χ4v) is 2.85. The Hall–Kier alpha value is -1.13. The molecule has 1 heterocycles. The van der Waals surface area contributed by atoms with Gasteiger partial charge in [0.05, 0.1) is 0 Å². The van der Waals surface area contributed by atoms with Crippen molar-refractivity contribution in [2.24, 2.45) is 0 Å². The summed E-state index contributed by atoms with van der Waals surface area (Å²) in [5.74, 6) is 1.24. The van der Waals surface area contributed by atoms with Crippen molar-refractivity contribution in [2.45, 2.75) is 19.3 Å². The van der Waals surface area contributed by atoms with Crippen LogP contribution in [0.3, 0.4) is 0 Å². The van der Waals surface area contributed by atoms with Crippen LogP contribution in [0.2, 0.25) is 5.02 Å². The zero-order valence-electron chi connectivity index (χ0n) is 9.58. The average Bonchev–Trinajstić information content (AvgIpc) is 2.81. The molecule has 5 heteroatoms. The molecule has 0 bridgehead atoms. The Balaban J connectivity index is 2.18. The van der Waals surface area contributed by atoms with Gasteiger partial charge in [0.25, 0.3) is 0 Å². The molecule has 1 aliphatic rings. The number of nitrogens with two attached hydrogens (primary N) is 1. The van der Waals surface area contributed by atoms with E-state index in [0.717, 1.165) is 40.6 Å². The zero-order valence-corrected chi connectivity index (χ0v) is 11.9. The fourth-order valence-electron chi connectivity index (χ4n) is 2.25. The predicted octanol–water partition coefficient (Wildman–Crippen LogP) is 3.63. The minimum atomic E-state index is 0.597. The SMILES string of the molecule is Nc1nc(-c2cc(Cl)ccc2Br)nc2c1CCC2. The topological polar surface area (TPSA) is 51.8 Å². The molecule has 3 nitrogen and oxygen atoms in total. The number of nitrogen functional groups attached to an aromatic ring is 1. The summed E-state index contributed by atoms with van der Waals surface area (Å²) >= 11 is 9.51. The molecular formula is C13H11BrClN3. The van der Waals surface area contributed by atoms with Crippen LogP contribution in [0.25, 0.3) is 11.4 Å². The molecule has 0 fully saturated rings. The summed E-state index contributed by atoms with van der Waals surface area (Å²) in [4.78, 5) is 9.00. The van der Waals surface area contributed by atoms with Crippen molar-refractivity contribution >= 4 is 33.3 Å². The van der Waals surface area contributed by atoms with Gasteiger partial charge < -0.3 is 5.73 Å². The molecule has 0 amide bonds.